The predicted molar refractivity (Wildman–Crippen MR) is 344 cm³/mol. The van der Waals surface area contributed by atoms with E-state index in [1.807, 2.05) is 0 Å². The lowest BCUT2D eigenvalue weighted by molar-refractivity contribution is 0.0406. The van der Waals surface area contributed by atoms with Crippen LogP contribution in [-0.4, -0.2) is 398 Å². The SMILES string of the molecule is CO[Si](OC)(OC)O[Si](C)(C)O[Si](O[Si](O[SiH2]O)([SiH2]O)[Si](C)(C)O)([Si](O[Si]([SiH3])(OC)[SiH2]O)([Si](O[SiH2]O)([SiH2]O)[SiH2]O)[Si](O[SiH2]O)([SiH2]O)[SiH2]O)[Si](O[Si](O[SiH2]O)([SiH2]O)[SiH2]O)([Si](O[SiH2]O)([SiH2]O)[SiH2]O)[Si](O[SiH2]O)([SiH2]O)[SiH2]O. The highest BCUT2D eigenvalue weighted by Gasteiger charge is 2.98. The molecule has 0 fully saturated rings. The minimum atomic E-state index is -6.89. The van der Waals surface area contributed by atoms with Crippen molar-refractivity contribution in [2.24, 2.45) is 0 Å². The van der Waals surface area contributed by atoms with Crippen LogP contribution in [0.25, 0.3) is 0 Å². The van der Waals surface area contributed by atoms with Gasteiger partial charge in [0.15, 0.2) is 74.2 Å². The fourth-order valence-electron chi connectivity index (χ4n) is 8.53. The Hall–Kier alpha value is 5.58. The minimum Gasteiger partial charge on any atom is -0.441 e. The highest BCUT2D eigenvalue weighted by atomic mass is 30.5. The van der Waals surface area contributed by atoms with Crippen molar-refractivity contribution < 1.29 is 154 Å². The third-order valence-corrected chi connectivity index (χ3v) is 341. The quantitative estimate of drug-likeness (QED) is 0.0252. The Morgan fingerprint density at radius 2 is 0.662 bits per heavy atom. The van der Waals surface area contributed by atoms with Crippen LogP contribution in [0.3, 0.4) is 0 Å². The topological polar surface area (TPSA) is 523 Å². The van der Waals surface area contributed by atoms with E-state index in [1.165, 1.54) is 26.2 Å². The summed E-state index contributed by atoms with van der Waals surface area (Å²) >= 11 is 0. The molecule has 0 spiro atoms. The van der Waals surface area contributed by atoms with Crippen molar-refractivity contribution in [2.45, 2.75) is 26.2 Å². The van der Waals surface area contributed by atoms with E-state index in [9.17, 15) is 91.1 Å². The van der Waals surface area contributed by atoms with Crippen LogP contribution in [0.2, 0.25) is 26.2 Å². The maximum atomic E-state index is 12.9. The van der Waals surface area contributed by atoms with Gasteiger partial charge < -0.3 is 154 Å². The van der Waals surface area contributed by atoms with Gasteiger partial charge in [-0.3, -0.25) is 0 Å². The zero-order chi connectivity index (χ0) is 57.8. The average Bonchev–Trinajstić information content (AvgIpc) is 3.39. The highest BCUT2D eigenvalue weighted by molar-refractivity contribution is 8.23. The van der Waals surface area contributed by atoms with Crippen molar-refractivity contribution in [3.05, 3.63) is 0 Å². The summed E-state index contributed by atoms with van der Waals surface area (Å²) in [5, 5.41) is 0. The standard InChI is InChI=1S/C8H82O34Si32/c1-28-64(29-2,30-3)38-63(7,8)39-68(42-67(53-18,33-45-10)62(5,6)27,73(40-65(43,31-4)50-15,69(54-19,55-20)34-46-11)70(56-21,57-22)35-47-12)74(71(58-23,59-24)36-48-13,72(60-25,61-26)37-49-14)41-66(51-16,52-17)32-44-9/h9-27H,44-61H2,1-8,43H3. The lowest BCUT2D eigenvalue weighted by Gasteiger charge is -2.70. The second kappa shape index (κ2) is 34.8. The van der Waals surface area contributed by atoms with Gasteiger partial charge in [0.2, 0.25) is 72.4 Å². The molecule has 0 aromatic rings. The van der Waals surface area contributed by atoms with Crippen molar-refractivity contribution in [2.75, 3.05) is 28.4 Å². The van der Waals surface area contributed by atoms with E-state index in [0.29, 0.717) is 0 Å². The molecule has 74 heavy (non-hydrogen) atoms. The molecule has 0 aliphatic carbocycles. The van der Waals surface area contributed by atoms with E-state index in [0.717, 1.165) is 28.4 Å². The molecule has 0 saturated heterocycles. The summed E-state index contributed by atoms with van der Waals surface area (Å²) < 4.78 is 100. The van der Waals surface area contributed by atoms with Gasteiger partial charge in [-0.1, -0.05) is 0 Å². The van der Waals surface area contributed by atoms with Gasteiger partial charge in [-0.25, -0.2) is 0 Å². The summed E-state index contributed by atoms with van der Waals surface area (Å²) in [5.41, 5.74) is 0. The first-order valence-electron chi connectivity index (χ1n) is 21.9. The Kier molecular flexibility index (Phi) is 37.4. The van der Waals surface area contributed by atoms with Crippen molar-refractivity contribution in [3.8, 4) is 0 Å². The van der Waals surface area contributed by atoms with Gasteiger partial charge in [-0.05, 0) is 26.2 Å². The van der Waals surface area contributed by atoms with Crippen LogP contribution in [0.4, 0.5) is 0 Å². The summed E-state index contributed by atoms with van der Waals surface area (Å²) in [6.07, 6.45) is 0. The summed E-state index contributed by atoms with van der Waals surface area (Å²) in [6, 6.07) is 0. The first kappa shape index (κ1) is 79.6. The van der Waals surface area contributed by atoms with Crippen LogP contribution < -0.4 is 0 Å². The van der Waals surface area contributed by atoms with Gasteiger partial charge in [0, 0.05) is 28.4 Å². The maximum Gasteiger partial charge on any atom is 0.669 e. The Morgan fingerprint density at radius 3 is 0.892 bits per heavy atom. The fourth-order valence-corrected chi connectivity index (χ4v) is 592. The van der Waals surface area contributed by atoms with E-state index in [2.05, 4.69) is 0 Å². The third-order valence-electron chi connectivity index (χ3n) is 12.4. The molecule has 446 valence electrons. The fraction of sp³-hybridized carbons (Fsp3) is 1.00. The van der Waals surface area contributed by atoms with E-state index < -0.39 is 268 Å². The molecule has 0 bridgehead atoms. The molecule has 3 atom stereocenters. The average molecular weight is 1620 g/mol. The van der Waals surface area contributed by atoms with Gasteiger partial charge in [0.05, 0.1) is 9.76 Å². The zero-order valence-corrected chi connectivity index (χ0v) is 83.3. The molecule has 34 nitrogen and oxygen atoms in total. The van der Waals surface area contributed by atoms with Gasteiger partial charge in [-0.2, -0.15) is 0 Å². The smallest absolute Gasteiger partial charge is 0.441 e. The Morgan fingerprint density at radius 1 is 0.338 bits per heavy atom. The number of hydrogen-bond donors (Lipinski definition) is 19. The second-order valence-electron chi connectivity index (χ2n) is 17.1. The Balaban J connectivity index is 12.8. The van der Waals surface area contributed by atoms with E-state index >= 15 is 0 Å². The predicted octanol–water partition coefficient (Wildman–Crippen LogP) is -31.2. The molecule has 0 rings (SSSR count). The van der Waals surface area contributed by atoms with Crippen molar-refractivity contribution in [3.63, 3.8) is 0 Å². The second-order valence-corrected chi connectivity index (χ2v) is 198. The van der Waals surface area contributed by atoms with Gasteiger partial charge in [0.1, 0.15) is 0 Å². The molecule has 0 aliphatic rings. The van der Waals surface area contributed by atoms with Gasteiger partial charge in [0.25, 0.3) is 81.4 Å². The van der Waals surface area contributed by atoms with Crippen LogP contribution in [0.15, 0.2) is 0 Å². The largest absolute Gasteiger partial charge is 0.669 e. The first-order valence-corrected chi connectivity index (χ1v) is 101. The molecule has 0 aromatic carbocycles. The number of rotatable bonds is 45. The van der Waals surface area contributed by atoms with Gasteiger partial charge >= 0.3 is 40.4 Å². The van der Waals surface area contributed by atoms with E-state index in [1.54, 1.807) is 0 Å². The molecule has 0 saturated carbocycles. The minimum absolute atomic E-state index is 0.334. The molecular weight excluding hydrogens is 1540 g/mol. The summed E-state index contributed by atoms with van der Waals surface area (Å²) in [4.78, 5) is 229. The van der Waals surface area contributed by atoms with Gasteiger partial charge in [-0.15, -0.1) is 0 Å². The Labute approximate surface area is 482 Å². The lowest BCUT2D eigenvalue weighted by atomic mass is 11.8. The highest BCUT2D eigenvalue weighted by Crippen LogP contribution is 2.52. The van der Waals surface area contributed by atoms with Crippen LogP contribution in [-0.2, 0) is 63.0 Å². The molecule has 0 radical (unpaired) electrons. The lowest BCUT2D eigenvalue weighted by Crippen LogP contribution is -3.13. The molecule has 19 N–H and O–H groups in total. The third kappa shape index (κ3) is 15.6. The van der Waals surface area contributed by atoms with Crippen molar-refractivity contribution in [1.82, 2.24) is 0 Å². The van der Waals surface area contributed by atoms with Crippen LogP contribution in [0.5, 0.6) is 0 Å². The molecule has 3 unspecified atom stereocenters. The summed E-state index contributed by atoms with van der Waals surface area (Å²) in [7, 11) is -89.6. The van der Waals surface area contributed by atoms with E-state index in [-0.39, 0.29) is 9.76 Å². The Bertz CT molecular complexity index is 1500. The zero-order valence-electron chi connectivity index (χ0n) is 42.8. The summed E-state index contributed by atoms with van der Waals surface area (Å²) in [5.74, 6) is 0. The van der Waals surface area contributed by atoms with Crippen LogP contribution in [0.1, 0.15) is 0 Å². The number of hydrogen-bond acceptors (Lipinski definition) is 34. The molecular formula is C8H82O34Si32. The van der Waals surface area contributed by atoms with E-state index in [4.69, 9.17) is 63.0 Å². The van der Waals surface area contributed by atoms with Crippen molar-refractivity contribution >= 4 is 278 Å². The molecule has 0 heterocycles. The van der Waals surface area contributed by atoms with Crippen LogP contribution >= 0.6 is 0 Å². The maximum absolute atomic E-state index is 12.9. The normalized spacial score (nSPS) is 24.4. The molecule has 66 heteroatoms. The molecule has 0 aromatic heterocycles. The first-order chi connectivity index (χ1) is 34.6. The van der Waals surface area contributed by atoms with Crippen LogP contribution in [0, 0.1) is 0 Å². The summed E-state index contributed by atoms with van der Waals surface area (Å²) in [6.45, 7) is -29.8. The van der Waals surface area contributed by atoms with Crippen molar-refractivity contribution in [1.29, 1.82) is 0 Å². The molecule has 0 amide bonds. The monoisotopic (exact) mass is 1620 g/mol. The molecule has 0 aliphatic heterocycles.